The molecule has 0 bridgehead atoms. The van der Waals surface area contributed by atoms with Gasteiger partial charge in [0.25, 0.3) is 0 Å². The van der Waals surface area contributed by atoms with Gasteiger partial charge in [0.15, 0.2) is 18.9 Å². The van der Waals surface area contributed by atoms with Crippen LogP contribution in [0.15, 0.2) is 158 Å². The molecule has 19 heteroatoms. The van der Waals surface area contributed by atoms with Crippen LogP contribution in [0.1, 0.15) is 155 Å². The van der Waals surface area contributed by atoms with Crippen molar-refractivity contribution >= 4 is 5.91 Å². The maximum atomic E-state index is 13.3. The Labute approximate surface area is 542 Å². The van der Waals surface area contributed by atoms with Gasteiger partial charge in [-0.2, -0.15) is 0 Å². The smallest absolute Gasteiger partial charge is 0.220 e. The van der Waals surface area contributed by atoms with Crippen LogP contribution < -0.4 is 5.32 Å². The van der Waals surface area contributed by atoms with Crippen LogP contribution in [0.5, 0.6) is 0 Å². The van der Waals surface area contributed by atoms with Crippen molar-refractivity contribution in [1.29, 1.82) is 0 Å². The largest absolute Gasteiger partial charge is 0.394 e. The Morgan fingerprint density at radius 3 is 1.22 bits per heavy atom. The minimum Gasteiger partial charge on any atom is -0.394 e. The van der Waals surface area contributed by atoms with Gasteiger partial charge in [-0.05, 0) is 109 Å². The van der Waals surface area contributed by atoms with Crippen molar-refractivity contribution in [3.05, 3.63) is 158 Å². The second-order valence-electron chi connectivity index (χ2n) is 22.8. The lowest BCUT2D eigenvalue weighted by Crippen LogP contribution is -2.66. The first-order valence-corrected chi connectivity index (χ1v) is 33.2. The van der Waals surface area contributed by atoms with Crippen LogP contribution in [0.4, 0.5) is 0 Å². The summed E-state index contributed by atoms with van der Waals surface area (Å²) in [5, 5.41) is 120. The van der Waals surface area contributed by atoms with Crippen molar-refractivity contribution in [2.45, 2.75) is 259 Å². The molecule has 91 heavy (non-hydrogen) atoms. The third-order valence-corrected chi connectivity index (χ3v) is 15.3. The summed E-state index contributed by atoms with van der Waals surface area (Å²) in [6.07, 6.45) is 48.6. The van der Waals surface area contributed by atoms with Crippen molar-refractivity contribution in [3.8, 4) is 0 Å². The van der Waals surface area contributed by atoms with Crippen LogP contribution in [-0.2, 0) is 33.2 Å². The highest BCUT2D eigenvalue weighted by molar-refractivity contribution is 5.76. The average molecular weight is 1280 g/mol. The molecule has 17 atom stereocenters. The maximum absolute atomic E-state index is 13.3. The van der Waals surface area contributed by atoms with E-state index in [4.69, 9.17) is 28.4 Å². The van der Waals surface area contributed by atoms with E-state index < -0.39 is 124 Å². The molecule has 3 rings (SSSR count). The Bertz CT molecular complexity index is 2270. The summed E-state index contributed by atoms with van der Waals surface area (Å²) in [5.41, 5.74) is 0. The lowest BCUT2D eigenvalue weighted by atomic mass is 9.96. The minimum absolute atomic E-state index is 0.201. The number of aliphatic hydroxyl groups is 11. The highest BCUT2D eigenvalue weighted by Gasteiger charge is 2.53. The number of carbonyl (C=O) groups excluding carboxylic acids is 1. The minimum atomic E-state index is -1.99. The molecular weight excluding hydrogens is 1170 g/mol. The van der Waals surface area contributed by atoms with Gasteiger partial charge >= 0.3 is 0 Å². The number of ether oxygens (including phenoxy) is 6. The van der Waals surface area contributed by atoms with Gasteiger partial charge in [0.1, 0.15) is 73.2 Å². The molecule has 0 aromatic heterocycles. The number of unbranched alkanes of at least 4 members (excludes halogenated alkanes) is 7. The number of rotatable bonds is 47. The number of amides is 1. The van der Waals surface area contributed by atoms with Gasteiger partial charge in [0.05, 0.1) is 38.6 Å². The topological polar surface area (TPSA) is 307 Å². The van der Waals surface area contributed by atoms with Crippen molar-refractivity contribution in [2.24, 2.45) is 0 Å². The van der Waals surface area contributed by atoms with Gasteiger partial charge in [-0.15, -0.1) is 0 Å². The highest BCUT2D eigenvalue weighted by atomic mass is 16.8. The summed E-state index contributed by atoms with van der Waals surface area (Å²) in [6.45, 7) is 1.40. The Balaban J connectivity index is 1.32. The molecule has 1 amide bonds. The van der Waals surface area contributed by atoms with Gasteiger partial charge in [-0.3, -0.25) is 4.79 Å². The zero-order chi connectivity index (χ0) is 66.1. The van der Waals surface area contributed by atoms with Gasteiger partial charge in [-0.25, -0.2) is 0 Å². The molecule has 0 saturated carbocycles. The Morgan fingerprint density at radius 2 is 0.769 bits per heavy atom. The molecule has 3 heterocycles. The van der Waals surface area contributed by atoms with E-state index >= 15 is 0 Å². The molecule has 3 aliphatic heterocycles. The van der Waals surface area contributed by atoms with Crippen LogP contribution in [0.2, 0.25) is 0 Å². The zero-order valence-corrected chi connectivity index (χ0v) is 54.0. The van der Waals surface area contributed by atoms with Gasteiger partial charge in [0, 0.05) is 6.42 Å². The maximum Gasteiger partial charge on any atom is 0.220 e. The predicted octanol–water partition coefficient (Wildman–Crippen LogP) is 8.15. The highest BCUT2D eigenvalue weighted by Crippen LogP contribution is 2.33. The van der Waals surface area contributed by atoms with Gasteiger partial charge in [0.2, 0.25) is 5.91 Å². The van der Waals surface area contributed by atoms with Gasteiger partial charge in [-0.1, -0.05) is 198 Å². The molecule has 0 radical (unpaired) electrons. The molecule has 19 nitrogen and oxygen atoms in total. The lowest BCUT2D eigenvalue weighted by molar-refractivity contribution is -0.379. The van der Waals surface area contributed by atoms with E-state index in [1.165, 1.54) is 0 Å². The third-order valence-electron chi connectivity index (χ3n) is 15.3. The first-order chi connectivity index (χ1) is 44.3. The number of nitrogens with one attached hydrogen (secondary N) is 1. The molecular formula is C72H113NO18. The third kappa shape index (κ3) is 33.9. The summed E-state index contributed by atoms with van der Waals surface area (Å²) in [5.74, 6) is -0.318. The molecule has 3 aliphatic rings. The normalized spacial score (nSPS) is 28.9. The first kappa shape index (κ1) is 80.6. The summed E-state index contributed by atoms with van der Waals surface area (Å²) in [4.78, 5) is 13.3. The first-order valence-electron chi connectivity index (χ1n) is 33.2. The van der Waals surface area contributed by atoms with Crippen molar-refractivity contribution in [3.63, 3.8) is 0 Å². The lowest BCUT2D eigenvalue weighted by Gasteiger charge is -2.48. The molecule has 0 aliphatic carbocycles. The second-order valence-corrected chi connectivity index (χ2v) is 22.8. The van der Waals surface area contributed by atoms with E-state index in [0.717, 1.165) is 122 Å². The zero-order valence-electron chi connectivity index (χ0n) is 54.0. The quantitative estimate of drug-likeness (QED) is 0.0202. The van der Waals surface area contributed by atoms with Crippen LogP contribution in [0.3, 0.4) is 0 Å². The van der Waals surface area contributed by atoms with E-state index in [0.29, 0.717) is 12.8 Å². The SMILES string of the molecule is CC/C=C\C/C=C\C/C=C\C/C=C\C/C=C\C/C=C\C/C=C\C/C=C\C/C=C\C/C=C\C/C=C\CCCCCCCC(=O)NC(COC1OC(CO)C(OC2OC(CO)C(OC3OC(CO)C(O)C(O)C3O)C(O)C2O)C(O)C1O)C(O)/C=C/CC/C=C/CCC. The number of hydrogen-bond acceptors (Lipinski definition) is 18. The predicted molar refractivity (Wildman–Crippen MR) is 355 cm³/mol. The van der Waals surface area contributed by atoms with Crippen LogP contribution >= 0.6 is 0 Å². The standard InChI is InChI=1S/C72H113NO18/c1-3-5-7-9-11-12-13-14-15-16-17-18-19-20-21-22-23-24-25-26-27-28-29-30-31-32-33-34-35-36-37-38-39-40-41-42-44-46-48-50-60(78)73-55(56(77)49-47-45-43-10-8-6-4-2)54-86-70-66(84)63(81)68(58(52-75)88-70)91-72-67(85)64(82)69(59(53-76)89-72)90-71-65(83)62(80)61(79)57(51-74)87-71/h5,7-8,10-12,14-15,17-18,20-21,23-24,26-27,29-30,32-33,35-36,38-39,47,49,55-59,61-72,74-77,79-85H,3-4,6,9,13,16,19,22,25,28,31,34,37,40-46,48,50-54H2,1-2H3,(H,73,78)/b7-5-,10-8+,12-11-,15-14-,18-17-,21-20-,24-23-,27-26-,30-29-,33-32-,36-35-,39-38-,49-47+. The Hall–Kier alpha value is -4.59. The fourth-order valence-corrected chi connectivity index (χ4v) is 9.92. The number of hydrogen-bond donors (Lipinski definition) is 12. The van der Waals surface area contributed by atoms with Crippen LogP contribution in [0, 0.1) is 0 Å². The van der Waals surface area contributed by atoms with Crippen molar-refractivity contribution < 1.29 is 89.4 Å². The Morgan fingerprint density at radius 1 is 0.407 bits per heavy atom. The van der Waals surface area contributed by atoms with Crippen molar-refractivity contribution in [1.82, 2.24) is 5.32 Å². The van der Waals surface area contributed by atoms with Crippen LogP contribution in [-0.4, -0.2) is 193 Å². The van der Waals surface area contributed by atoms with E-state index in [2.05, 4.69) is 165 Å². The second kappa shape index (κ2) is 51.8. The van der Waals surface area contributed by atoms with E-state index in [9.17, 15) is 61.0 Å². The summed E-state index contributed by atoms with van der Waals surface area (Å²) >= 11 is 0. The average Bonchev–Trinajstić information content (AvgIpc) is 1.40. The summed E-state index contributed by atoms with van der Waals surface area (Å²) in [7, 11) is 0. The fraction of sp³-hybridized carbons (Fsp3) is 0.625. The Kier molecular flexibility index (Phi) is 45.9. The van der Waals surface area contributed by atoms with Gasteiger partial charge < -0.3 is 89.9 Å². The van der Waals surface area contributed by atoms with E-state index in [1.807, 2.05) is 0 Å². The molecule has 12 N–H and O–H groups in total. The summed E-state index contributed by atoms with van der Waals surface area (Å²) in [6, 6.07) is -1.01. The molecule has 3 saturated heterocycles. The molecule has 0 aromatic carbocycles. The molecule has 17 unspecified atom stereocenters. The summed E-state index contributed by atoms with van der Waals surface area (Å²) < 4.78 is 34.1. The monoisotopic (exact) mass is 1280 g/mol. The number of aliphatic hydroxyl groups excluding tert-OH is 11. The molecule has 0 spiro atoms. The molecule has 514 valence electrons. The van der Waals surface area contributed by atoms with Crippen LogP contribution in [0.25, 0.3) is 0 Å². The molecule has 3 fully saturated rings. The number of allylic oxidation sites excluding steroid dienone is 25. The number of carbonyl (C=O) groups is 1. The van der Waals surface area contributed by atoms with E-state index in [1.54, 1.807) is 12.2 Å². The fourth-order valence-electron chi connectivity index (χ4n) is 9.92. The molecule has 0 aromatic rings. The van der Waals surface area contributed by atoms with E-state index in [-0.39, 0.29) is 18.9 Å². The van der Waals surface area contributed by atoms with Crippen molar-refractivity contribution in [2.75, 3.05) is 26.4 Å².